The summed E-state index contributed by atoms with van der Waals surface area (Å²) < 4.78 is 29.2. The fraction of sp³-hybridized carbons (Fsp3) is 0.261. The van der Waals surface area contributed by atoms with Crippen LogP contribution in [0.3, 0.4) is 0 Å². The predicted octanol–water partition coefficient (Wildman–Crippen LogP) is 2.51. The van der Waals surface area contributed by atoms with Gasteiger partial charge in [0, 0.05) is 24.5 Å². The molecule has 1 saturated heterocycles. The van der Waals surface area contributed by atoms with Gasteiger partial charge < -0.3 is 19.9 Å². The molecule has 2 aromatic carbocycles. The maximum Gasteiger partial charge on any atom is 0.246 e. The Kier molecular flexibility index (Phi) is 6.66. The number of carbonyl (C=O) groups excluding carboxylic acids is 1. The molecule has 10 nitrogen and oxygen atoms in total. The normalized spacial score (nSPS) is 14.4. The molecule has 0 unspecified atom stereocenters. The molecule has 0 saturated carbocycles. The van der Waals surface area contributed by atoms with Crippen LogP contribution in [0, 0.1) is 0 Å². The Morgan fingerprint density at radius 3 is 2.53 bits per heavy atom. The zero-order valence-corrected chi connectivity index (χ0v) is 19.7. The van der Waals surface area contributed by atoms with Crippen molar-refractivity contribution in [3.63, 3.8) is 0 Å². The molecule has 0 bridgehead atoms. The van der Waals surface area contributed by atoms with Crippen molar-refractivity contribution in [1.82, 2.24) is 9.97 Å². The van der Waals surface area contributed by atoms with Crippen molar-refractivity contribution >= 4 is 39.1 Å². The number of hydrogen-bond acceptors (Lipinski definition) is 8. The van der Waals surface area contributed by atoms with E-state index in [0.29, 0.717) is 30.3 Å². The van der Waals surface area contributed by atoms with E-state index in [1.807, 2.05) is 49.1 Å². The molecule has 1 fully saturated rings. The highest BCUT2D eigenvalue weighted by Gasteiger charge is 2.28. The van der Waals surface area contributed by atoms with Crippen LogP contribution < -0.4 is 25.0 Å². The number of ether oxygens (including phenoxy) is 1. The summed E-state index contributed by atoms with van der Waals surface area (Å²) in [6, 6.07) is 15.6. The monoisotopic (exact) mass is 482 g/mol. The van der Waals surface area contributed by atoms with Crippen molar-refractivity contribution in [2.45, 2.75) is 24.8 Å². The Bertz CT molecular complexity index is 1280. The van der Waals surface area contributed by atoms with Gasteiger partial charge in [-0.3, -0.25) is 4.79 Å². The second-order valence-corrected chi connectivity index (χ2v) is 9.61. The molecule has 1 amide bonds. The van der Waals surface area contributed by atoms with E-state index in [1.54, 1.807) is 23.2 Å². The number of piperazine rings is 1. The molecule has 2 heterocycles. The quantitative estimate of drug-likeness (QED) is 0.525. The highest BCUT2D eigenvalue weighted by molar-refractivity contribution is 7.89. The minimum absolute atomic E-state index is 0.0277. The third-order valence-corrected chi connectivity index (χ3v) is 6.02. The summed E-state index contributed by atoms with van der Waals surface area (Å²) in [5, 5.41) is 8.23. The molecule has 11 heteroatoms. The van der Waals surface area contributed by atoms with Gasteiger partial charge in [0.25, 0.3) is 0 Å². The van der Waals surface area contributed by atoms with Crippen LogP contribution in [0.1, 0.15) is 13.8 Å². The van der Waals surface area contributed by atoms with E-state index in [9.17, 15) is 13.2 Å². The van der Waals surface area contributed by atoms with E-state index in [2.05, 4.69) is 15.3 Å². The number of amides is 1. The molecule has 178 valence electrons. The first-order valence-electron chi connectivity index (χ1n) is 10.7. The number of benzene rings is 2. The molecule has 1 aliphatic heterocycles. The van der Waals surface area contributed by atoms with E-state index in [-0.39, 0.29) is 29.4 Å². The molecular weight excluding hydrogens is 456 g/mol. The molecule has 0 atom stereocenters. The maximum atomic E-state index is 12.9. The lowest BCUT2D eigenvalue weighted by atomic mass is 10.2. The Balaban J connectivity index is 1.60. The molecular formula is C23H26N6O4S. The van der Waals surface area contributed by atoms with Gasteiger partial charge in [0.05, 0.1) is 23.7 Å². The molecule has 0 radical (unpaired) electrons. The third-order valence-electron chi connectivity index (χ3n) is 5.11. The number of primary sulfonamides is 1. The van der Waals surface area contributed by atoms with E-state index in [1.165, 1.54) is 12.1 Å². The number of para-hydroxylation sites is 1. The first kappa shape index (κ1) is 23.5. The number of anilines is 4. The van der Waals surface area contributed by atoms with Crippen molar-refractivity contribution in [3.8, 4) is 5.75 Å². The topological polar surface area (TPSA) is 131 Å². The second kappa shape index (κ2) is 9.65. The highest BCUT2D eigenvalue weighted by atomic mass is 32.2. The highest BCUT2D eigenvalue weighted by Crippen LogP contribution is 2.30. The summed E-state index contributed by atoms with van der Waals surface area (Å²) in [5.41, 5.74) is 1.31. The average molecular weight is 483 g/mol. The van der Waals surface area contributed by atoms with Gasteiger partial charge in [-0.05, 0) is 44.2 Å². The summed E-state index contributed by atoms with van der Waals surface area (Å²) in [6.07, 6.45) is 1.43. The van der Waals surface area contributed by atoms with Crippen LogP contribution in [0.5, 0.6) is 5.75 Å². The molecule has 0 aliphatic carbocycles. The van der Waals surface area contributed by atoms with Crippen molar-refractivity contribution in [2.75, 3.05) is 34.8 Å². The minimum atomic E-state index is -3.85. The van der Waals surface area contributed by atoms with Gasteiger partial charge in [0.2, 0.25) is 21.9 Å². The number of nitrogens with two attached hydrogens (primary N) is 1. The number of carbonyl (C=O) groups is 1. The summed E-state index contributed by atoms with van der Waals surface area (Å²) in [7, 11) is -3.85. The van der Waals surface area contributed by atoms with Gasteiger partial charge >= 0.3 is 0 Å². The summed E-state index contributed by atoms with van der Waals surface area (Å²) in [4.78, 5) is 25.4. The summed E-state index contributed by atoms with van der Waals surface area (Å²) in [6.45, 7) is 4.96. The van der Waals surface area contributed by atoms with Crippen LogP contribution in [0.25, 0.3) is 0 Å². The van der Waals surface area contributed by atoms with E-state index in [0.717, 1.165) is 5.69 Å². The van der Waals surface area contributed by atoms with Crippen LogP contribution in [0.4, 0.5) is 23.1 Å². The lowest BCUT2D eigenvalue weighted by molar-refractivity contribution is -0.117. The fourth-order valence-corrected chi connectivity index (χ4v) is 4.16. The van der Waals surface area contributed by atoms with E-state index in [4.69, 9.17) is 9.88 Å². The van der Waals surface area contributed by atoms with Gasteiger partial charge in [-0.2, -0.15) is 4.98 Å². The Morgan fingerprint density at radius 2 is 1.85 bits per heavy atom. The van der Waals surface area contributed by atoms with Gasteiger partial charge in [-0.25, -0.2) is 18.5 Å². The fourth-order valence-electron chi connectivity index (χ4n) is 3.60. The van der Waals surface area contributed by atoms with Crippen LogP contribution in [0.15, 0.2) is 65.7 Å². The van der Waals surface area contributed by atoms with Crippen LogP contribution >= 0.6 is 0 Å². The molecule has 1 aliphatic rings. The molecule has 4 rings (SSSR count). The number of sulfonamides is 1. The van der Waals surface area contributed by atoms with Gasteiger partial charge in [0.15, 0.2) is 11.6 Å². The van der Waals surface area contributed by atoms with Crippen molar-refractivity contribution in [2.24, 2.45) is 5.14 Å². The standard InChI is InChI=1S/C23H26N6O4S/c1-16(2)33-20-14-25-23(26-17-7-6-10-19(13-17)34(24,31)32)27-22(20)28-11-12-29(21(30)15-28)18-8-4-3-5-9-18/h3-10,13-14,16H,11-12,15H2,1-2H3,(H2,24,31,32)(H,25,26,27). The number of aromatic nitrogens is 2. The van der Waals surface area contributed by atoms with Gasteiger partial charge in [-0.15, -0.1) is 0 Å². The lowest BCUT2D eigenvalue weighted by Crippen LogP contribution is -2.51. The van der Waals surface area contributed by atoms with Crippen LogP contribution in [-0.2, 0) is 14.8 Å². The largest absolute Gasteiger partial charge is 0.485 e. The number of nitrogens with one attached hydrogen (secondary N) is 1. The van der Waals surface area contributed by atoms with Crippen molar-refractivity contribution in [3.05, 3.63) is 60.8 Å². The minimum Gasteiger partial charge on any atom is -0.485 e. The van der Waals surface area contributed by atoms with E-state index >= 15 is 0 Å². The first-order chi connectivity index (χ1) is 16.2. The number of nitrogens with zero attached hydrogens (tertiary/aromatic N) is 4. The van der Waals surface area contributed by atoms with Gasteiger partial charge in [0.1, 0.15) is 0 Å². The average Bonchev–Trinajstić information content (AvgIpc) is 2.80. The molecule has 3 aromatic rings. The molecule has 0 spiro atoms. The van der Waals surface area contributed by atoms with Crippen molar-refractivity contribution < 1.29 is 17.9 Å². The van der Waals surface area contributed by atoms with Crippen LogP contribution in [-0.4, -0.2) is 50.0 Å². The van der Waals surface area contributed by atoms with Crippen molar-refractivity contribution in [1.29, 1.82) is 0 Å². The SMILES string of the molecule is CC(C)Oc1cnc(Nc2cccc(S(N)(=O)=O)c2)nc1N1CCN(c2ccccc2)C(=O)C1. The zero-order chi connectivity index (χ0) is 24.3. The molecule has 1 aromatic heterocycles. The second-order valence-electron chi connectivity index (χ2n) is 8.05. The Morgan fingerprint density at radius 1 is 1.09 bits per heavy atom. The Hall–Kier alpha value is -3.70. The number of rotatable bonds is 7. The lowest BCUT2D eigenvalue weighted by Gasteiger charge is -2.35. The molecule has 34 heavy (non-hydrogen) atoms. The van der Waals surface area contributed by atoms with Gasteiger partial charge in [-0.1, -0.05) is 24.3 Å². The van der Waals surface area contributed by atoms with E-state index < -0.39 is 10.0 Å². The zero-order valence-electron chi connectivity index (χ0n) is 18.9. The smallest absolute Gasteiger partial charge is 0.246 e. The molecule has 3 N–H and O–H groups in total. The third kappa shape index (κ3) is 5.43. The number of hydrogen-bond donors (Lipinski definition) is 2. The maximum absolute atomic E-state index is 12.9. The first-order valence-corrected chi connectivity index (χ1v) is 12.3. The summed E-state index contributed by atoms with van der Waals surface area (Å²) >= 11 is 0. The summed E-state index contributed by atoms with van der Waals surface area (Å²) in [5.74, 6) is 1.12. The predicted molar refractivity (Wildman–Crippen MR) is 130 cm³/mol. The Labute approximate surface area is 198 Å². The van der Waals surface area contributed by atoms with Crippen LogP contribution in [0.2, 0.25) is 0 Å².